The molecule has 2 unspecified atom stereocenters. The van der Waals surface area contributed by atoms with Gasteiger partial charge in [-0.1, -0.05) is 0 Å². The summed E-state index contributed by atoms with van der Waals surface area (Å²) in [6, 6.07) is -11.4. The second-order valence-electron chi connectivity index (χ2n) is 28.7. The van der Waals surface area contributed by atoms with Crippen molar-refractivity contribution in [1.29, 1.82) is 0 Å². The maximum Gasteiger partial charge on any atom is 0.397 e. The molecule has 31 N–H and O–H groups in total. The third-order valence-electron chi connectivity index (χ3n) is 19.7. The molecule has 0 bridgehead atoms. The molecule has 40 atom stereocenters. The number of carboxylic acids is 4. The third-order valence-corrected chi connectivity index (χ3v) is 23.9. The number of hydrogen-bond acceptors (Lipinski definition) is 54. The maximum absolute atomic E-state index is 13.3. The van der Waals surface area contributed by atoms with E-state index in [0.29, 0.717) is 12.8 Å². The molecule has 8 aliphatic heterocycles. The Balaban J connectivity index is 1.06. The lowest BCUT2D eigenvalue weighted by Crippen LogP contribution is -2.71. The van der Waals surface area contributed by atoms with E-state index in [1.54, 1.807) is 0 Å². The summed E-state index contributed by atoms with van der Waals surface area (Å²) in [6.45, 7) is -6.70. The van der Waals surface area contributed by atoms with E-state index in [1.807, 2.05) is 0 Å². The molecular weight excluding hydrogens is 2000 g/mol. The number of rotatable bonds is 44. The molecule has 0 radical (unpaired) electrons. The number of aliphatic hydroxyl groups excluding tert-OH is 13. The van der Waals surface area contributed by atoms with Crippen molar-refractivity contribution in [3.63, 3.8) is 0 Å². The van der Waals surface area contributed by atoms with E-state index in [2.05, 4.69) is 16.7 Å². The highest BCUT2D eigenvalue weighted by atomic mass is 32.3. The van der Waals surface area contributed by atoms with Crippen LogP contribution in [0.3, 0.4) is 0 Å². The Morgan fingerprint density at radius 2 is 0.489 bits per heavy atom. The van der Waals surface area contributed by atoms with Crippen molar-refractivity contribution in [3.05, 3.63) is 0 Å². The van der Waals surface area contributed by atoms with E-state index < -0.39 is 385 Å². The van der Waals surface area contributed by atoms with Crippen LogP contribution in [0.15, 0.2) is 0 Å². The van der Waals surface area contributed by atoms with Crippen LogP contribution in [0.5, 0.6) is 0 Å². The van der Waals surface area contributed by atoms with E-state index in [1.165, 1.54) is 18.9 Å². The summed E-state index contributed by atoms with van der Waals surface area (Å²) >= 11 is 0. The maximum atomic E-state index is 13.3. The molecule has 8 saturated heterocycles. The topological polar surface area (TPSA) is 1110 Å². The van der Waals surface area contributed by atoms with Crippen LogP contribution < -0.4 is 24.6 Å². The van der Waals surface area contributed by atoms with Crippen LogP contribution in [0.1, 0.15) is 19.3 Å². The van der Waals surface area contributed by atoms with Crippen LogP contribution in [-0.2, 0) is 195 Å². The van der Waals surface area contributed by atoms with Crippen molar-refractivity contribution in [1.82, 2.24) is 18.9 Å². The van der Waals surface area contributed by atoms with Gasteiger partial charge in [0.05, 0.1) is 26.4 Å². The molecule has 0 aromatic rings. The Morgan fingerprint density at radius 1 is 0.267 bits per heavy atom. The van der Waals surface area contributed by atoms with Gasteiger partial charge < -0.3 is 168 Å². The standard InChI is InChI=1S/C53H89N5O65S8/c54-4-2-1-3-5-104-50-34(120-128(92,93)94)23(68)30(38(116-50)42(72)73)113-47-15(56-125(83,84)85)20(65)27(11(7-60)106-47)110-52-36(122-130(98,99)100)25(70)32(40(118-52)44(76)77)115-49-17(58-127(89,90)91)22(67)29(13(9-62)108-49)111-53-37(123-131(101,102)103)26(71)33(41(119-53)45(78)79)114-48-16(57-126(86,87)88)21(66)28(12(8-61)107-48)109-51-35(121-129(95,96)97)24(69)31(39(117-51)43(74)75)112-46-14(55-124(80,81)82)19(64)18(63)10(6-59)105-46/h10-41,46-53,55-71H,1-9,54H2,(H,72,73)(H,74,75)(H,76,77)(H,78,79)(H,80,81,82)(H,83,84,85)(H,86,87,88)(H,89,90,91)(H,92,93,94)(H,95,96,97)(H,98,99,100)(H,101,102,103)/t10-,11-,12-,13-,14-,15-,16-,17-,18-,19-,20-,21-,22-,23+,24+,25+,26+,27-,28-,29-,30+,31+,32+,33+,34-,35-,36-,37-,38?,39-,40-,41?,46-,47-,48-,49-,50-,51-,52-,53-/m1/s1. The minimum atomic E-state index is -6.28. The van der Waals surface area contributed by atoms with Crippen molar-refractivity contribution in [2.45, 2.75) is 265 Å². The van der Waals surface area contributed by atoms with Crippen molar-refractivity contribution in [2.75, 3.05) is 39.6 Å². The molecular formula is C53H89N5O65S8. The molecule has 0 amide bonds. The van der Waals surface area contributed by atoms with Gasteiger partial charge in [-0.15, -0.1) is 0 Å². The fraction of sp³-hybridized carbons (Fsp3) is 0.925. The summed E-state index contributed by atoms with van der Waals surface area (Å²) in [7, 11) is -47.7. The summed E-state index contributed by atoms with van der Waals surface area (Å²) in [6.07, 6.45) is -103. The zero-order valence-corrected chi connectivity index (χ0v) is 71.3. The molecule has 131 heavy (non-hydrogen) atoms. The van der Waals surface area contributed by atoms with E-state index in [-0.39, 0.29) is 13.0 Å². The van der Waals surface area contributed by atoms with Crippen LogP contribution in [0, 0.1) is 0 Å². The van der Waals surface area contributed by atoms with Crippen molar-refractivity contribution in [2.24, 2.45) is 5.73 Å². The number of carboxylic acid groups (broad SMARTS) is 4. The van der Waals surface area contributed by atoms with Crippen LogP contribution in [0.4, 0.5) is 0 Å². The molecule has 0 spiro atoms. The Labute approximate surface area is 734 Å². The molecule has 8 rings (SSSR count). The quantitative estimate of drug-likeness (QED) is 0.0199. The monoisotopic (exact) mass is 2090 g/mol. The minimum absolute atomic E-state index is 0.100. The first-order valence-electron chi connectivity index (χ1n) is 36.5. The predicted molar refractivity (Wildman–Crippen MR) is 385 cm³/mol. The van der Waals surface area contributed by atoms with Gasteiger partial charge in [-0.3, -0.25) is 36.4 Å². The number of nitrogens with two attached hydrogens (primary N) is 1. The summed E-state index contributed by atoms with van der Waals surface area (Å²) in [5.74, 6) is -9.52. The molecule has 0 aliphatic carbocycles. The minimum Gasteiger partial charge on any atom is -0.479 e. The average Bonchev–Trinajstić information content (AvgIpc) is 0.769. The Morgan fingerprint density at radius 3 is 0.710 bits per heavy atom. The molecule has 0 aromatic heterocycles. The number of unbranched alkanes of at least 4 members (excludes halogenated alkanes) is 2. The zero-order chi connectivity index (χ0) is 98.7. The fourth-order valence-corrected chi connectivity index (χ4v) is 18.6. The summed E-state index contributed by atoms with van der Waals surface area (Å²) in [4.78, 5) is 52.1. The second-order valence-corrected chi connectivity index (χ2v) is 37.7. The van der Waals surface area contributed by atoms with Gasteiger partial charge in [-0.2, -0.15) is 86.2 Å². The number of aliphatic carboxylic acids is 4. The van der Waals surface area contributed by atoms with Crippen LogP contribution in [0.25, 0.3) is 0 Å². The largest absolute Gasteiger partial charge is 0.479 e. The number of hydrogen-bond donors (Lipinski definition) is 30. The predicted octanol–water partition coefficient (Wildman–Crippen LogP) is -20.0. The molecule has 78 heteroatoms. The number of ether oxygens (including phenoxy) is 16. The van der Waals surface area contributed by atoms with Gasteiger partial charge in [-0.05, 0) is 25.8 Å². The SMILES string of the molecule is NCCCCCO[C@@H]1OC(C(=O)O)[C@@H](O[C@H]2O[C@H](CO)[C@@H](O[C@@H]3O[C@@H](C(=O)O)[C@@H](O[C@H]4O[C@H](CO)[C@@H](O[C@@H]5OC(C(=O)O)[C@@H](O[C@H]6O[C@H](CO)[C@@H](O[C@@H]7O[C@@H](C(=O)O)[C@@H](O[C@H]8O[C@H](CO)[C@@H](O)[C@H](O)[C@H]8NS(=O)(=O)O)[C@H](O)[C@H]7OS(=O)(=O)O)[C@H](O)[C@H]6NS(=O)(=O)O)[C@H](O)[C@H]5OS(=O)(=O)O)[C@H](O)[C@H]4NS(=O)(=O)O)[C@H](O)[C@H]3OS(=O)(=O)O)[C@H](O)[C@H]2NS(=O)(=O)O)[C@H](O)[C@H]1OS(=O)(=O)O. The highest BCUT2D eigenvalue weighted by Crippen LogP contribution is 2.42. The number of nitrogens with one attached hydrogen (secondary N) is 4. The van der Waals surface area contributed by atoms with Gasteiger partial charge in [0.15, 0.2) is 99.2 Å². The average molecular weight is 2090 g/mol. The lowest BCUT2D eigenvalue weighted by molar-refractivity contribution is -0.379. The molecule has 70 nitrogen and oxygen atoms in total. The molecule has 8 heterocycles. The van der Waals surface area contributed by atoms with Gasteiger partial charge in [0.2, 0.25) is 0 Å². The van der Waals surface area contributed by atoms with Gasteiger partial charge in [-0.25, -0.2) is 35.9 Å². The Bertz CT molecular complexity index is 4850. The van der Waals surface area contributed by atoms with E-state index in [0.717, 1.165) is 0 Å². The van der Waals surface area contributed by atoms with E-state index >= 15 is 0 Å². The fourth-order valence-electron chi connectivity index (χ4n) is 14.3. The van der Waals surface area contributed by atoms with Crippen LogP contribution in [0.2, 0.25) is 0 Å². The first-order chi connectivity index (χ1) is 60.2. The number of aliphatic hydroxyl groups is 13. The zero-order valence-electron chi connectivity index (χ0n) is 64.8. The lowest BCUT2D eigenvalue weighted by Gasteiger charge is -2.50. The highest BCUT2D eigenvalue weighted by Gasteiger charge is 2.65. The Kier molecular flexibility index (Phi) is 38.3. The van der Waals surface area contributed by atoms with Crippen molar-refractivity contribution < 1.29 is 302 Å². The molecule has 0 aromatic carbocycles. The lowest BCUT2D eigenvalue weighted by atomic mass is 9.94. The van der Waals surface area contributed by atoms with Crippen LogP contribution in [-0.4, -0.2) is 499 Å². The summed E-state index contributed by atoms with van der Waals surface area (Å²) in [5, 5.41) is 188. The second kappa shape index (κ2) is 44.8. The smallest absolute Gasteiger partial charge is 0.397 e. The first kappa shape index (κ1) is 112. The number of carbonyl (C=O) groups is 4. The summed E-state index contributed by atoms with van der Waals surface area (Å²) < 4.78 is 388. The van der Waals surface area contributed by atoms with Gasteiger partial charge in [0.1, 0.15) is 146 Å². The molecule has 8 fully saturated rings. The molecule has 0 saturated carbocycles. The van der Waals surface area contributed by atoms with E-state index in [9.17, 15) is 210 Å². The van der Waals surface area contributed by atoms with E-state index in [4.69, 9.17) is 81.5 Å². The van der Waals surface area contributed by atoms with Gasteiger partial charge in [0, 0.05) is 6.61 Å². The highest BCUT2D eigenvalue weighted by molar-refractivity contribution is 7.84. The normalized spacial score (nSPS) is 41.1. The summed E-state index contributed by atoms with van der Waals surface area (Å²) in [5.41, 5.74) is 5.46. The van der Waals surface area contributed by atoms with Gasteiger partial charge in [0.25, 0.3) is 0 Å². The first-order valence-corrected chi connectivity index (χ1v) is 47.7. The molecule has 764 valence electrons. The molecule has 8 aliphatic rings. The van der Waals surface area contributed by atoms with Crippen LogP contribution >= 0.6 is 0 Å². The van der Waals surface area contributed by atoms with Crippen molar-refractivity contribution in [3.8, 4) is 0 Å². The van der Waals surface area contributed by atoms with Crippen molar-refractivity contribution >= 4 is 107 Å². The third kappa shape index (κ3) is 29.6. The Hall–Kier alpha value is -4.36. The van der Waals surface area contributed by atoms with Gasteiger partial charge >= 0.3 is 107 Å².